The number of rotatable bonds is 16. The quantitative estimate of drug-likeness (QED) is 0.130. The summed E-state index contributed by atoms with van der Waals surface area (Å²) in [5.74, 6) is -0.474. The highest BCUT2D eigenvalue weighted by atomic mass is 32.1. The van der Waals surface area contributed by atoms with Crippen LogP contribution in [0.2, 0.25) is 0 Å². The molecule has 9 heteroatoms. The highest BCUT2D eigenvalue weighted by molar-refractivity contribution is 7.80. The lowest BCUT2D eigenvalue weighted by Gasteiger charge is -2.22. The smallest absolute Gasteiger partial charge is 0.335 e. The molecule has 1 aromatic heterocycles. The minimum atomic E-state index is -0.986. The van der Waals surface area contributed by atoms with Gasteiger partial charge in [0.25, 0.3) is 5.91 Å². The first-order valence-electron chi connectivity index (χ1n) is 15.0. The van der Waals surface area contributed by atoms with Crippen LogP contribution in [0.3, 0.4) is 0 Å². The highest BCUT2D eigenvalue weighted by Gasteiger charge is 2.23. The summed E-state index contributed by atoms with van der Waals surface area (Å²) in [5, 5.41) is 15.5. The second-order valence-corrected chi connectivity index (χ2v) is 11.3. The normalized spacial score (nSPS) is 12.3. The van der Waals surface area contributed by atoms with E-state index in [1.807, 2.05) is 65.2 Å². The molecule has 0 aliphatic heterocycles. The fourth-order valence-corrected chi connectivity index (χ4v) is 5.38. The Hall–Kier alpha value is -4.37. The second-order valence-electron chi connectivity index (χ2n) is 10.9. The molecule has 0 aliphatic carbocycles. The first-order chi connectivity index (χ1) is 21.4. The van der Waals surface area contributed by atoms with Crippen LogP contribution in [-0.2, 0) is 30.6 Å². The van der Waals surface area contributed by atoms with Crippen molar-refractivity contribution in [3.8, 4) is 0 Å². The van der Waals surface area contributed by atoms with Crippen LogP contribution >= 0.6 is 12.6 Å². The molecule has 230 valence electrons. The SMILES string of the molecule is CCCCc1ncc(C(=O)NC(CNC(=O)C(CS)Cc2ccccc2)Cc2ccccc2)n1Cc1ccc(C(=O)O)cc1. The zero-order chi connectivity index (χ0) is 31.3. The van der Waals surface area contributed by atoms with Crippen LogP contribution in [0.25, 0.3) is 0 Å². The zero-order valence-corrected chi connectivity index (χ0v) is 25.9. The number of benzene rings is 3. The topological polar surface area (TPSA) is 113 Å². The highest BCUT2D eigenvalue weighted by Crippen LogP contribution is 2.15. The van der Waals surface area contributed by atoms with Gasteiger partial charge in [-0.3, -0.25) is 9.59 Å². The number of hydrogen-bond donors (Lipinski definition) is 4. The van der Waals surface area contributed by atoms with Gasteiger partial charge >= 0.3 is 5.97 Å². The number of carboxylic acid groups (broad SMARTS) is 1. The van der Waals surface area contributed by atoms with Crippen LogP contribution in [0.5, 0.6) is 0 Å². The lowest BCUT2D eigenvalue weighted by molar-refractivity contribution is -0.124. The largest absolute Gasteiger partial charge is 0.478 e. The molecular formula is C35H40N4O4S. The van der Waals surface area contributed by atoms with E-state index >= 15 is 0 Å². The average Bonchev–Trinajstić information content (AvgIpc) is 3.44. The molecule has 0 aliphatic rings. The van der Waals surface area contributed by atoms with E-state index in [4.69, 9.17) is 0 Å². The third kappa shape index (κ3) is 9.31. The lowest BCUT2D eigenvalue weighted by Crippen LogP contribution is -2.47. The summed E-state index contributed by atoms with van der Waals surface area (Å²) in [6.07, 6.45) is 5.34. The standard InChI is InChI=1S/C35H40N4O4S/c1-2-3-14-32-36-22-31(39(32)23-27-15-17-28(18-16-27)35(42)43)34(41)38-30(20-26-12-8-5-9-13-26)21-37-33(40)29(24-44)19-25-10-6-4-7-11-25/h4-13,15-18,22,29-30,44H,2-3,14,19-21,23-24H2,1H3,(H,37,40)(H,38,41)(H,42,43). The molecule has 8 nitrogen and oxygen atoms in total. The Labute approximate surface area is 264 Å². The van der Waals surface area contributed by atoms with Crippen molar-refractivity contribution in [2.45, 2.75) is 51.6 Å². The number of nitrogens with one attached hydrogen (secondary N) is 2. The van der Waals surface area contributed by atoms with Crippen LogP contribution in [0.4, 0.5) is 0 Å². The van der Waals surface area contributed by atoms with Crippen molar-refractivity contribution in [3.05, 3.63) is 125 Å². The Morgan fingerprint density at radius 2 is 1.52 bits per heavy atom. The molecule has 0 fully saturated rings. The molecule has 0 saturated heterocycles. The molecule has 0 bridgehead atoms. The predicted molar refractivity (Wildman–Crippen MR) is 175 cm³/mol. The fraction of sp³-hybridized carbons (Fsp3) is 0.314. The summed E-state index contributed by atoms with van der Waals surface area (Å²) in [4.78, 5) is 42.9. The third-order valence-corrected chi connectivity index (χ3v) is 8.01. The lowest BCUT2D eigenvalue weighted by atomic mass is 9.99. The Morgan fingerprint density at radius 3 is 2.11 bits per heavy atom. The number of imidazole rings is 1. The Balaban J connectivity index is 1.52. The van der Waals surface area contributed by atoms with Gasteiger partial charge in [0.15, 0.2) is 0 Å². The molecule has 3 aromatic carbocycles. The van der Waals surface area contributed by atoms with E-state index in [-0.39, 0.29) is 35.9 Å². The van der Waals surface area contributed by atoms with Crippen molar-refractivity contribution in [1.82, 2.24) is 20.2 Å². The first kappa shape index (κ1) is 32.5. The van der Waals surface area contributed by atoms with E-state index in [0.717, 1.165) is 35.4 Å². The van der Waals surface area contributed by atoms with Gasteiger partial charge in [0.2, 0.25) is 5.91 Å². The minimum absolute atomic E-state index is 0.104. The van der Waals surface area contributed by atoms with Crippen molar-refractivity contribution in [1.29, 1.82) is 0 Å². The summed E-state index contributed by atoms with van der Waals surface area (Å²) in [6.45, 7) is 2.74. The summed E-state index contributed by atoms with van der Waals surface area (Å²) < 4.78 is 1.90. The van der Waals surface area contributed by atoms with Crippen LogP contribution in [0.1, 0.15) is 63.1 Å². The van der Waals surface area contributed by atoms with Crippen molar-refractivity contribution in [2.75, 3.05) is 12.3 Å². The molecule has 4 aromatic rings. The molecular weight excluding hydrogens is 572 g/mol. The Kier molecular flexibility index (Phi) is 12.2. The zero-order valence-electron chi connectivity index (χ0n) is 25.0. The number of hydrogen-bond acceptors (Lipinski definition) is 5. The number of unbranched alkanes of at least 4 members (excludes halogenated alkanes) is 1. The van der Waals surface area contributed by atoms with Crippen molar-refractivity contribution >= 4 is 30.4 Å². The van der Waals surface area contributed by atoms with Gasteiger partial charge in [-0.05, 0) is 48.1 Å². The monoisotopic (exact) mass is 612 g/mol. The van der Waals surface area contributed by atoms with E-state index in [2.05, 4.69) is 35.2 Å². The van der Waals surface area contributed by atoms with Gasteiger partial charge in [0.05, 0.1) is 23.7 Å². The number of carboxylic acids is 1. The number of amides is 2. The molecule has 0 radical (unpaired) electrons. The number of aromatic carboxylic acids is 1. The predicted octanol–water partition coefficient (Wildman–Crippen LogP) is 5.22. The molecule has 2 unspecified atom stereocenters. The maximum atomic E-state index is 13.8. The minimum Gasteiger partial charge on any atom is -0.478 e. The number of thiol groups is 1. The fourth-order valence-electron chi connectivity index (χ4n) is 5.08. The Bertz CT molecular complexity index is 1510. The van der Waals surface area contributed by atoms with E-state index in [1.165, 1.54) is 0 Å². The maximum absolute atomic E-state index is 13.8. The van der Waals surface area contributed by atoms with Gasteiger partial charge in [-0.15, -0.1) is 0 Å². The van der Waals surface area contributed by atoms with Crippen molar-refractivity contribution < 1.29 is 19.5 Å². The molecule has 2 atom stereocenters. The van der Waals surface area contributed by atoms with Crippen LogP contribution in [0.15, 0.2) is 91.1 Å². The summed E-state index contributed by atoms with van der Waals surface area (Å²) >= 11 is 4.44. The van der Waals surface area contributed by atoms with Gasteiger partial charge in [-0.25, -0.2) is 9.78 Å². The van der Waals surface area contributed by atoms with Crippen molar-refractivity contribution in [2.24, 2.45) is 5.92 Å². The number of aryl methyl sites for hydroxylation is 1. The van der Waals surface area contributed by atoms with Gasteiger partial charge in [-0.1, -0.05) is 86.1 Å². The van der Waals surface area contributed by atoms with Gasteiger partial charge < -0.3 is 20.3 Å². The summed E-state index contributed by atoms with van der Waals surface area (Å²) in [5.41, 5.74) is 3.60. The van der Waals surface area contributed by atoms with E-state index < -0.39 is 5.97 Å². The van der Waals surface area contributed by atoms with Crippen molar-refractivity contribution in [3.63, 3.8) is 0 Å². The second kappa shape index (κ2) is 16.5. The van der Waals surface area contributed by atoms with Gasteiger partial charge in [0.1, 0.15) is 11.5 Å². The first-order valence-corrected chi connectivity index (χ1v) is 15.6. The Morgan fingerprint density at radius 1 is 0.886 bits per heavy atom. The summed E-state index contributed by atoms with van der Waals surface area (Å²) in [6, 6.07) is 26.0. The number of carbonyl (C=O) groups is 3. The van der Waals surface area contributed by atoms with Crippen LogP contribution in [-0.4, -0.2) is 50.8 Å². The average molecular weight is 613 g/mol. The maximum Gasteiger partial charge on any atom is 0.335 e. The summed E-state index contributed by atoms with van der Waals surface area (Å²) in [7, 11) is 0. The molecule has 4 rings (SSSR count). The number of nitrogens with zero attached hydrogens (tertiary/aromatic N) is 2. The van der Waals surface area contributed by atoms with Crippen LogP contribution < -0.4 is 10.6 Å². The van der Waals surface area contributed by atoms with Crippen LogP contribution in [0, 0.1) is 5.92 Å². The number of aromatic nitrogens is 2. The number of carbonyl (C=O) groups excluding carboxylic acids is 2. The molecule has 1 heterocycles. The van der Waals surface area contributed by atoms with Gasteiger partial charge in [0, 0.05) is 25.3 Å². The van der Waals surface area contributed by atoms with E-state index in [1.54, 1.807) is 30.5 Å². The molecule has 0 spiro atoms. The molecule has 44 heavy (non-hydrogen) atoms. The molecule has 0 saturated carbocycles. The third-order valence-electron chi connectivity index (χ3n) is 7.57. The molecule has 2 amide bonds. The van der Waals surface area contributed by atoms with E-state index in [9.17, 15) is 19.5 Å². The van der Waals surface area contributed by atoms with E-state index in [0.29, 0.717) is 37.3 Å². The molecule has 3 N–H and O–H groups in total. The van der Waals surface area contributed by atoms with Gasteiger partial charge in [-0.2, -0.15) is 12.6 Å².